The smallest absolute Gasteiger partial charge is 0.240 e. The number of fused-ring (bicyclic) bond motifs is 1. The molecule has 7 nitrogen and oxygen atoms in total. The number of amides is 1. The minimum atomic E-state index is -3.61. The lowest BCUT2D eigenvalue weighted by Crippen LogP contribution is -2.41. The highest BCUT2D eigenvalue weighted by molar-refractivity contribution is 7.89. The summed E-state index contributed by atoms with van der Waals surface area (Å²) in [7, 11) is -3.61. The van der Waals surface area contributed by atoms with Crippen LogP contribution in [0, 0.1) is 0 Å². The summed E-state index contributed by atoms with van der Waals surface area (Å²) in [5, 5.41) is 0. The van der Waals surface area contributed by atoms with Gasteiger partial charge in [0.25, 0.3) is 0 Å². The number of hydrogen-bond donors (Lipinski definition) is 1. The Bertz CT molecular complexity index is 775. The van der Waals surface area contributed by atoms with Crippen molar-refractivity contribution in [1.29, 1.82) is 0 Å². The van der Waals surface area contributed by atoms with Crippen molar-refractivity contribution in [3.05, 3.63) is 18.2 Å². The van der Waals surface area contributed by atoms with E-state index in [0.717, 1.165) is 32.5 Å². The second kappa shape index (κ2) is 8.58. The van der Waals surface area contributed by atoms with Crippen molar-refractivity contribution >= 4 is 21.6 Å². The van der Waals surface area contributed by atoms with Crippen LogP contribution in [-0.2, 0) is 14.8 Å². The van der Waals surface area contributed by atoms with Crippen LogP contribution >= 0.6 is 0 Å². The van der Waals surface area contributed by atoms with Gasteiger partial charge in [-0.2, -0.15) is 0 Å². The van der Waals surface area contributed by atoms with Gasteiger partial charge in [0, 0.05) is 13.5 Å². The van der Waals surface area contributed by atoms with Gasteiger partial charge in [0.2, 0.25) is 15.9 Å². The Balaban J connectivity index is 1.61. The van der Waals surface area contributed by atoms with Crippen molar-refractivity contribution in [2.75, 3.05) is 37.6 Å². The van der Waals surface area contributed by atoms with Gasteiger partial charge in [0.05, 0.1) is 17.1 Å². The first-order chi connectivity index (χ1) is 12.9. The summed E-state index contributed by atoms with van der Waals surface area (Å²) in [5.41, 5.74) is 0.512. The van der Waals surface area contributed by atoms with Crippen molar-refractivity contribution in [3.63, 3.8) is 0 Å². The van der Waals surface area contributed by atoms with Crippen molar-refractivity contribution in [2.24, 2.45) is 0 Å². The maximum atomic E-state index is 12.6. The summed E-state index contributed by atoms with van der Waals surface area (Å²) < 4.78 is 33.6. The second-order valence-electron chi connectivity index (χ2n) is 7.34. The van der Waals surface area contributed by atoms with Crippen LogP contribution in [0.5, 0.6) is 5.75 Å². The number of benzene rings is 1. The van der Waals surface area contributed by atoms with E-state index in [2.05, 4.69) is 9.62 Å². The highest BCUT2D eigenvalue weighted by Gasteiger charge is 2.27. The Kier molecular flexibility index (Phi) is 6.39. The number of sulfonamides is 1. The molecule has 2 aliphatic rings. The number of nitrogens with zero attached hydrogens (tertiary/aromatic N) is 2. The highest BCUT2D eigenvalue weighted by Crippen LogP contribution is 2.35. The average Bonchev–Trinajstić information content (AvgIpc) is 3.13. The zero-order valence-electron chi connectivity index (χ0n) is 16.1. The molecule has 0 radical (unpaired) electrons. The third-order valence-electron chi connectivity index (χ3n) is 5.07. The van der Waals surface area contributed by atoms with E-state index in [1.807, 2.05) is 6.92 Å². The maximum absolute atomic E-state index is 12.6. The van der Waals surface area contributed by atoms with E-state index < -0.39 is 10.0 Å². The Morgan fingerprint density at radius 2 is 2.00 bits per heavy atom. The first kappa shape index (κ1) is 20.1. The lowest BCUT2D eigenvalue weighted by atomic mass is 10.2. The van der Waals surface area contributed by atoms with E-state index in [0.29, 0.717) is 24.5 Å². The van der Waals surface area contributed by atoms with Crippen LogP contribution in [0.3, 0.4) is 0 Å². The largest absolute Gasteiger partial charge is 0.487 e. The van der Waals surface area contributed by atoms with Gasteiger partial charge >= 0.3 is 0 Å². The molecule has 1 aromatic rings. The van der Waals surface area contributed by atoms with Crippen molar-refractivity contribution in [1.82, 2.24) is 9.62 Å². The molecule has 0 aromatic heterocycles. The van der Waals surface area contributed by atoms with E-state index in [1.165, 1.54) is 31.9 Å². The molecule has 1 unspecified atom stereocenters. The van der Waals surface area contributed by atoms with Gasteiger partial charge in [-0.1, -0.05) is 0 Å². The summed E-state index contributed by atoms with van der Waals surface area (Å²) in [6.07, 6.45) is 4.20. The number of ether oxygens (including phenoxy) is 1. The molecular formula is C19H29N3O4S. The zero-order valence-corrected chi connectivity index (χ0v) is 16.9. The molecule has 0 spiro atoms. The normalized spacial score (nSPS) is 20.4. The van der Waals surface area contributed by atoms with E-state index in [1.54, 1.807) is 11.0 Å². The fraction of sp³-hybridized carbons (Fsp3) is 0.632. The average molecular weight is 396 g/mol. The maximum Gasteiger partial charge on any atom is 0.240 e. The van der Waals surface area contributed by atoms with Crippen molar-refractivity contribution in [2.45, 2.75) is 50.5 Å². The molecule has 0 saturated carbocycles. The fourth-order valence-electron chi connectivity index (χ4n) is 3.64. The minimum Gasteiger partial charge on any atom is -0.487 e. The van der Waals surface area contributed by atoms with Crippen LogP contribution in [-0.4, -0.2) is 58.1 Å². The highest BCUT2D eigenvalue weighted by atomic mass is 32.2. The van der Waals surface area contributed by atoms with Crippen molar-refractivity contribution in [3.8, 4) is 5.75 Å². The number of likely N-dealkylation sites (tertiary alicyclic amines) is 1. The van der Waals surface area contributed by atoms with Gasteiger partial charge in [-0.3, -0.25) is 4.79 Å². The molecule has 1 atom stereocenters. The lowest BCUT2D eigenvalue weighted by Gasteiger charge is -2.33. The standard InChI is InChI=1S/C19H29N3O4S/c1-15-14-22(16(2)23)18-13-17(7-8-19(18)26-15)27(24,25)20-9-3-4-10-21-11-5-6-12-21/h7-8,13,15,20H,3-6,9-12,14H2,1-2H3. The summed E-state index contributed by atoms with van der Waals surface area (Å²) in [6, 6.07) is 4.68. The van der Waals surface area contributed by atoms with Gasteiger partial charge in [-0.25, -0.2) is 13.1 Å². The van der Waals surface area contributed by atoms with E-state index >= 15 is 0 Å². The fourth-order valence-corrected chi connectivity index (χ4v) is 4.73. The van der Waals surface area contributed by atoms with Crippen LogP contribution in [0.25, 0.3) is 0 Å². The number of hydrogen-bond acceptors (Lipinski definition) is 5. The number of carbonyl (C=O) groups is 1. The van der Waals surface area contributed by atoms with E-state index in [9.17, 15) is 13.2 Å². The molecule has 27 heavy (non-hydrogen) atoms. The Morgan fingerprint density at radius 1 is 1.26 bits per heavy atom. The molecule has 1 amide bonds. The number of carbonyl (C=O) groups excluding carboxylic acids is 1. The molecule has 1 N–H and O–H groups in total. The predicted molar refractivity (Wildman–Crippen MR) is 105 cm³/mol. The van der Waals surface area contributed by atoms with Gasteiger partial charge in [-0.15, -0.1) is 0 Å². The number of nitrogens with one attached hydrogen (secondary N) is 1. The van der Waals surface area contributed by atoms with Crippen LogP contribution in [0.4, 0.5) is 5.69 Å². The second-order valence-corrected chi connectivity index (χ2v) is 9.11. The molecule has 2 heterocycles. The first-order valence-corrected chi connectivity index (χ1v) is 11.2. The predicted octanol–water partition coefficient (Wildman–Crippen LogP) is 1.97. The molecule has 150 valence electrons. The molecule has 1 fully saturated rings. The van der Waals surface area contributed by atoms with E-state index in [4.69, 9.17) is 4.74 Å². The van der Waals surface area contributed by atoms with Gasteiger partial charge < -0.3 is 14.5 Å². The zero-order chi connectivity index (χ0) is 19.4. The number of rotatable bonds is 7. The lowest BCUT2D eigenvalue weighted by molar-refractivity contribution is -0.117. The third-order valence-corrected chi connectivity index (χ3v) is 6.53. The molecule has 0 aliphatic carbocycles. The Morgan fingerprint density at radius 3 is 2.70 bits per heavy atom. The topological polar surface area (TPSA) is 78.9 Å². The Labute approximate surface area is 161 Å². The molecule has 2 aliphatic heterocycles. The van der Waals surface area contributed by atoms with Crippen LogP contribution in [0.15, 0.2) is 23.1 Å². The summed E-state index contributed by atoms with van der Waals surface area (Å²) in [6.45, 7) is 7.54. The van der Waals surface area contributed by atoms with Crippen molar-refractivity contribution < 1.29 is 17.9 Å². The van der Waals surface area contributed by atoms with Crippen LogP contribution in [0.2, 0.25) is 0 Å². The van der Waals surface area contributed by atoms with Gasteiger partial charge in [-0.05, 0) is 70.4 Å². The number of anilines is 1. The first-order valence-electron chi connectivity index (χ1n) is 9.67. The molecule has 0 bridgehead atoms. The minimum absolute atomic E-state index is 0.127. The molecule has 1 aromatic carbocycles. The summed E-state index contributed by atoms with van der Waals surface area (Å²) >= 11 is 0. The molecule has 8 heteroatoms. The van der Waals surface area contributed by atoms with Crippen LogP contribution < -0.4 is 14.4 Å². The molecule has 1 saturated heterocycles. The summed E-state index contributed by atoms with van der Waals surface area (Å²) in [4.78, 5) is 16.1. The number of unbranched alkanes of at least 4 members (excludes halogenated alkanes) is 1. The molecular weight excluding hydrogens is 366 g/mol. The van der Waals surface area contributed by atoms with Gasteiger partial charge in [0.15, 0.2) is 0 Å². The van der Waals surface area contributed by atoms with E-state index in [-0.39, 0.29) is 16.9 Å². The Hall–Kier alpha value is -1.64. The monoisotopic (exact) mass is 395 g/mol. The van der Waals surface area contributed by atoms with Crippen LogP contribution in [0.1, 0.15) is 39.5 Å². The quantitative estimate of drug-likeness (QED) is 0.714. The summed E-state index contributed by atoms with van der Waals surface area (Å²) in [5.74, 6) is 0.407. The molecule has 3 rings (SSSR count). The third kappa shape index (κ3) is 5.00. The van der Waals surface area contributed by atoms with Gasteiger partial charge in [0.1, 0.15) is 11.9 Å². The SMILES string of the molecule is CC(=O)N1CC(C)Oc2ccc(S(=O)(=O)NCCCCN3CCCC3)cc21.